The lowest BCUT2D eigenvalue weighted by atomic mass is 9.98. The molecule has 3 rings (SSSR count). The van der Waals surface area contributed by atoms with Crippen LogP contribution in [0.1, 0.15) is 24.0 Å². The number of nitrogens with zero attached hydrogens (tertiary/aromatic N) is 2. The molecule has 0 radical (unpaired) electrons. The van der Waals surface area contributed by atoms with Crippen LogP contribution in [0, 0.1) is 5.92 Å². The van der Waals surface area contributed by atoms with Crippen LogP contribution >= 0.6 is 12.4 Å². The van der Waals surface area contributed by atoms with Gasteiger partial charge in [0.25, 0.3) is 0 Å². The fraction of sp³-hybridized carbons (Fsp3) is 0.333. The molecule has 0 amide bonds. The van der Waals surface area contributed by atoms with Crippen LogP contribution in [-0.2, 0) is 9.63 Å². The zero-order chi connectivity index (χ0) is 18.2. The minimum absolute atomic E-state index is 0. The van der Waals surface area contributed by atoms with Gasteiger partial charge in [-0.1, -0.05) is 65.8 Å². The van der Waals surface area contributed by atoms with Crippen molar-refractivity contribution in [3.8, 4) is 0 Å². The van der Waals surface area contributed by atoms with Gasteiger partial charge in [-0.15, -0.1) is 12.4 Å². The fourth-order valence-corrected chi connectivity index (χ4v) is 3.20. The van der Waals surface area contributed by atoms with E-state index < -0.39 is 5.97 Å². The van der Waals surface area contributed by atoms with Gasteiger partial charge in [-0.3, -0.25) is 9.69 Å². The van der Waals surface area contributed by atoms with Gasteiger partial charge in [-0.25, -0.2) is 0 Å². The van der Waals surface area contributed by atoms with E-state index in [0.29, 0.717) is 19.7 Å². The number of piperidine rings is 1. The van der Waals surface area contributed by atoms with E-state index in [1.165, 1.54) is 0 Å². The van der Waals surface area contributed by atoms with E-state index in [0.717, 1.165) is 36.2 Å². The Kier molecular flexibility index (Phi) is 8.30. The van der Waals surface area contributed by atoms with E-state index in [1.807, 2.05) is 60.7 Å². The van der Waals surface area contributed by atoms with Crippen molar-refractivity contribution in [3.05, 3.63) is 71.8 Å². The summed E-state index contributed by atoms with van der Waals surface area (Å²) in [5, 5.41) is 13.5. The van der Waals surface area contributed by atoms with Crippen LogP contribution in [-0.4, -0.2) is 47.9 Å². The third kappa shape index (κ3) is 6.08. The summed E-state index contributed by atoms with van der Waals surface area (Å²) < 4.78 is 0. The van der Waals surface area contributed by atoms with Gasteiger partial charge < -0.3 is 9.94 Å². The number of oxime groups is 1. The molecule has 27 heavy (non-hydrogen) atoms. The third-order valence-electron chi connectivity index (χ3n) is 4.60. The normalized spacial score (nSPS) is 16.8. The van der Waals surface area contributed by atoms with Gasteiger partial charge in [0.15, 0.2) is 0 Å². The summed E-state index contributed by atoms with van der Waals surface area (Å²) in [5.41, 5.74) is 2.80. The summed E-state index contributed by atoms with van der Waals surface area (Å²) in [5.74, 6) is -0.972. The smallest absolute Gasteiger partial charge is 0.307 e. The molecule has 144 valence electrons. The molecule has 0 saturated carbocycles. The summed E-state index contributed by atoms with van der Waals surface area (Å²) in [6.45, 7) is 2.63. The zero-order valence-electron chi connectivity index (χ0n) is 15.2. The zero-order valence-corrected chi connectivity index (χ0v) is 16.0. The fourth-order valence-electron chi connectivity index (χ4n) is 3.20. The maximum absolute atomic E-state index is 11.2. The van der Waals surface area contributed by atoms with E-state index in [9.17, 15) is 9.90 Å². The minimum atomic E-state index is -0.705. The van der Waals surface area contributed by atoms with Crippen LogP contribution in [0.15, 0.2) is 65.8 Å². The minimum Gasteiger partial charge on any atom is -0.481 e. The van der Waals surface area contributed by atoms with Crippen molar-refractivity contribution < 1.29 is 14.7 Å². The molecule has 2 aromatic carbocycles. The SMILES string of the molecule is Cl.O=C(O)[C@H]1CCCN(CCON=C(c2ccccc2)c2ccccc2)C1. The predicted molar refractivity (Wildman–Crippen MR) is 109 cm³/mol. The van der Waals surface area contributed by atoms with Gasteiger partial charge in [0.05, 0.1) is 5.92 Å². The molecule has 1 aliphatic rings. The van der Waals surface area contributed by atoms with E-state index in [-0.39, 0.29) is 18.3 Å². The van der Waals surface area contributed by atoms with Crippen molar-refractivity contribution in [1.82, 2.24) is 4.90 Å². The van der Waals surface area contributed by atoms with Crippen molar-refractivity contribution in [2.24, 2.45) is 11.1 Å². The Labute approximate surface area is 166 Å². The van der Waals surface area contributed by atoms with Crippen molar-refractivity contribution in [1.29, 1.82) is 0 Å². The van der Waals surface area contributed by atoms with E-state index in [4.69, 9.17) is 4.84 Å². The number of likely N-dealkylation sites (tertiary alicyclic amines) is 1. The first-order valence-corrected chi connectivity index (χ1v) is 9.00. The highest BCUT2D eigenvalue weighted by atomic mass is 35.5. The van der Waals surface area contributed by atoms with Crippen molar-refractivity contribution in [3.63, 3.8) is 0 Å². The quantitative estimate of drug-likeness (QED) is 0.446. The maximum Gasteiger partial charge on any atom is 0.307 e. The highest BCUT2D eigenvalue weighted by Gasteiger charge is 2.24. The summed E-state index contributed by atoms with van der Waals surface area (Å²) in [6.07, 6.45) is 1.68. The Balaban J connectivity index is 0.00000261. The van der Waals surface area contributed by atoms with Crippen LogP contribution in [0.25, 0.3) is 0 Å². The van der Waals surface area contributed by atoms with Crippen LogP contribution in [0.2, 0.25) is 0 Å². The second-order valence-electron chi connectivity index (χ2n) is 6.48. The summed E-state index contributed by atoms with van der Waals surface area (Å²) in [6, 6.07) is 19.9. The second-order valence-corrected chi connectivity index (χ2v) is 6.48. The van der Waals surface area contributed by atoms with E-state index in [1.54, 1.807) is 0 Å². The van der Waals surface area contributed by atoms with Crippen LogP contribution in [0.3, 0.4) is 0 Å². The van der Waals surface area contributed by atoms with E-state index in [2.05, 4.69) is 10.1 Å². The number of carbonyl (C=O) groups is 1. The summed E-state index contributed by atoms with van der Waals surface area (Å²) in [4.78, 5) is 18.9. The number of halogens is 1. The number of carboxylic acid groups (broad SMARTS) is 1. The number of rotatable bonds is 7. The first-order chi connectivity index (χ1) is 12.7. The number of benzene rings is 2. The lowest BCUT2D eigenvalue weighted by Crippen LogP contribution is -2.40. The maximum atomic E-state index is 11.2. The molecule has 0 bridgehead atoms. The Bertz CT molecular complexity index is 696. The summed E-state index contributed by atoms with van der Waals surface area (Å²) in [7, 11) is 0. The van der Waals surface area contributed by atoms with Crippen LogP contribution in [0.5, 0.6) is 0 Å². The molecule has 1 heterocycles. The lowest BCUT2D eigenvalue weighted by Gasteiger charge is -2.29. The molecule has 1 fully saturated rings. The topological polar surface area (TPSA) is 62.1 Å². The second kappa shape index (κ2) is 10.7. The molecule has 1 saturated heterocycles. The Morgan fingerprint density at radius 2 is 1.67 bits per heavy atom. The highest BCUT2D eigenvalue weighted by Crippen LogP contribution is 2.16. The molecular formula is C21H25ClN2O3. The number of hydrogen-bond acceptors (Lipinski definition) is 4. The molecular weight excluding hydrogens is 364 g/mol. The highest BCUT2D eigenvalue weighted by molar-refractivity contribution is 6.12. The number of hydrogen-bond donors (Lipinski definition) is 1. The molecule has 0 unspecified atom stereocenters. The average Bonchev–Trinajstić information content (AvgIpc) is 2.69. The Morgan fingerprint density at radius 1 is 1.07 bits per heavy atom. The van der Waals surface area contributed by atoms with Crippen molar-refractivity contribution in [2.45, 2.75) is 12.8 Å². The molecule has 1 atom stereocenters. The molecule has 1 N–H and O–H groups in total. The largest absolute Gasteiger partial charge is 0.481 e. The van der Waals surface area contributed by atoms with Crippen molar-refractivity contribution in [2.75, 3.05) is 26.2 Å². The van der Waals surface area contributed by atoms with Gasteiger partial charge in [-0.05, 0) is 19.4 Å². The van der Waals surface area contributed by atoms with Crippen LogP contribution in [0.4, 0.5) is 0 Å². The number of carboxylic acids is 1. The molecule has 6 heteroatoms. The Morgan fingerprint density at radius 3 is 2.22 bits per heavy atom. The predicted octanol–water partition coefficient (Wildman–Crippen LogP) is 3.67. The number of aliphatic carboxylic acids is 1. The first kappa shape index (κ1) is 20.9. The summed E-state index contributed by atoms with van der Waals surface area (Å²) >= 11 is 0. The van der Waals surface area contributed by atoms with Crippen LogP contribution < -0.4 is 0 Å². The molecule has 0 spiro atoms. The monoisotopic (exact) mass is 388 g/mol. The average molecular weight is 389 g/mol. The Hall–Kier alpha value is -2.37. The van der Waals surface area contributed by atoms with Gasteiger partial charge in [0.2, 0.25) is 0 Å². The molecule has 1 aliphatic heterocycles. The van der Waals surface area contributed by atoms with Gasteiger partial charge in [0, 0.05) is 24.2 Å². The lowest BCUT2D eigenvalue weighted by molar-refractivity contribution is -0.143. The first-order valence-electron chi connectivity index (χ1n) is 9.00. The van der Waals surface area contributed by atoms with Crippen molar-refractivity contribution >= 4 is 24.1 Å². The molecule has 2 aromatic rings. The van der Waals surface area contributed by atoms with Gasteiger partial charge >= 0.3 is 5.97 Å². The molecule has 5 nitrogen and oxygen atoms in total. The van der Waals surface area contributed by atoms with Gasteiger partial charge in [-0.2, -0.15) is 0 Å². The molecule has 0 aromatic heterocycles. The molecule has 0 aliphatic carbocycles. The third-order valence-corrected chi connectivity index (χ3v) is 4.60. The van der Waals surface area contributed by atoms with E-state index >= 15 is 0 Å². The standard InChI is InChI=1S/C21H24N2O3.ClH/c24-21(25)19-12-7-13-23(16-19)14-15-26-22-20(17-8-3-1-4-9-17)18-10-5-2-6-11-18;/h1-6,8-11,19H,7,12-16H2,(H,24,25);1H/t19-;/m0./s1. The van der Waals surface area contributed by atoms with Gasteiger partial charge in [0.1, 0.15) is 12.3 Å².